The molecule has 1 amide bonds. The number of nitrogens with zero attached hydrogens (tertiary/aromatic N) is 1. The van der Waals surface area contributed by atoms with Gasteiger partial charge in [0.05, 0.1) is 0 Å². The van der Waals surface area contributed by atoms with Crippen LogP contribution in [-0.4, -0.2) is 10.9 Å². The first-order valence-corrected chi connectivity index (χ1v) is 5.97. The van der Waals surface area contributed by atoms with E-state index in [1.165, 1.54) is 0 Å². The molecule has 0 aliphatic heterocycles. The third-order valence-electron chi connectivity index (χ3n) is 3.20. The summed E-state index contributed by atoms with van der Waals surface area (Å²) >= 11 is 0. The SMILES string of the molecule is NC(=O)C1CCC(C#Cc2ccccn2)CC1. The fraction of sp³-hybridized carbons (Fsp3) is 0.429. The van der Waals surface area contributed by atoms with Gasteiger partial charge in [-0.3, -0.25) is 4.79 Å². The Balaban J connectivity index is 1.91. The molecule has 1 aromatic rings. The molecule has 17 heavy (non-hydrogen) atoms. The first-order valence-electron chi connectivity index (χ1n) is 5.97. The number of carbonyl (C=O) groups excluding carboxylic acids is 1. The first kappa shape index (κ1) is 11.7. The Morgan fingerprint density at radius 3 is 2.65 bits per heavy atom. The molecule has 1 aliphatic rings. The summed E-state index contributed by atoms with van der Waals surface area (Å²) in [7, 11) is 0. The number of hydrogen-bond donors (Lipinski definition) is 1. The quantitative estimate of drug-likeness (QED) is 0.744. The number of carbonyl (C=O) groups is 1. The van der Waals surface area contributed by atoms with Crippen LogP contribution >= 0.6 is 0 Å². The predicted octanol–water partition coefficient (Wildman–Crippen LogP) is 1.72. The molecule has 1 heterocycles. The molecule has 88 valence electrons. The van der Waals surface area contributed by atoms with Gasteiger partial charge in [-0.25, -0.2) is 4.98 Å². The summed E-state index contributed by atoms with van der Waals surface area (Å²) in [5.41, 5.74) is 6.10. The lowest BCUT2D eigenvalue weighted by Crippen LogP contribution is -2.27. The van der Waals surface area contributed by atoms with Crippen molar-refractivity contribution in [1.82, 2.24) is 4.98 Å². The number of nitrogens with two attached hydrogens (primary N) is 1. The lowest BCUT2D eigenvalue weighted by Gasteiger charge is -2.22. The zero-order valence-electron chi connectivity index (χ0n) is 9.73. The molecule has 1 aromatic heterocycles. The van der Waals surface area contributed by atoms with Gasteiger partial charge in [-0.15, -0.1) is 0 Å². The first-order chi connectivity index (χ1) is 8.25. The van der Waals surface area contributed by atoms with E-state index in [2.05, 4.69) is 16.8 Å². The van der Waals surface area contributed by atoms with Gasteiger partial charge in [-0.2, -0.15) is 0 Å². The molecule has 2 rings (SSSR count). The zero-order valence-corrected chi connectivity index (χ0v) is 9.73. The molecule has 0 unspecified atom stereocenters. The van der Waals surface area contributed by atoms with E-state index in [1.54, 1.807) is 6.20 Å². The molecule has 0 spiro atoms. The summed E-state index contributed by atoms with van der Waals surface area (Å²) < 4.78 is 0. The number of pyridine rings is 1. The minimum Gasteiger partial charge on any atom is -0.369 e. The molecule has 2 N–H and O–H groups in total. The fourth-order valence-electron chi connectivity index (χ4n) is 2.13. The second-order valence-electron chi connectivity index (χ2n) is 4.44. The smallest absolute Gasteiger partial charge is 0.220 e. The highest BCUT2D eigenvalue weighted by Gasteiger charge is 2.23. The highest BCUT2D eigenvalue weighted by Crippen LogP contribution is 2.27. The Kier molecular flexibility index (Phi) is 3.77. The third kappa shape index (κ3) is 3.32. The molecule has 0 atom stereocenters. The lowest BCUT2D eigenvalue weighted by atomic mass is 9.82. The van der Waals surface area contributed by atoms with Gasteiger partial charge < -0.3 is 5.73 Å². The molecular formula is C14H16N2O. The Labute approximate surface area is 101 Å². The van der Waals surface area contributed by atoms with E-state index in [0.717, 1.165) is 31.4 Å². The summed E-state index contributed by atoms with van der Waals surface area (Å²) in [6.07, 6.45) is 5.42. The van der Waals surface area contributed by atoms with Crippen molar-refractivity contribution in [3.05, 3.63) is 30.1 Å². The summed E-state index contributed by atoms with van der Waals surface area (Å²) in [5, 5.41) is 0. The fourth-order valence-corrected chi connectivity index (χ4v) is 2.13. The number of primary amides is 1. The molecule has 0 radical (unpaired) electrons. The van der Waals surface area contributed by atoms with Crippen LogP contribution in [0.15, 0.2) is 24.4 Å². The second-order valence-corrected chi connectivity index (χ2v) is 4.44. The largest absolute Gasteiger partial charge is 0.369 e. The van der Waals surface area contributed by atoms with Crippen molar-refractivity contribution in [2.24, 2.45) is 17.6 Å². The van der Waals surface area contributed by atoms with Crippen molar-refractivity contribution < 1.29 is 4.79 Å². The molecule has 0 bridgehead atoms. The van der Waals surface area contributed by atoms with Crippen LogP contribution in [0.4, 0.5) is 0 Å². The van der Waals surface area contributed by atoms with Crippen LogP contribution in [0.1, 0.15) is 31.4 Å². The van der Waals surface area contributed by atoms with Crippen molar-refractivity contribution in [3.63, 3.8) is 0 Å². The average molecular weight is 228 g/mol. The summed E-state index contributed by atoms with van der Waals surface area (Å²) in [6, 6.07) is 5.71. The maximum Gasteiger partial charge on any atom is 0.220 e. The standard InChI is InChI=1S/C14H16N2O/c15-14(17)12-7-4-11(5-8-12)6-9-13-3-1-2-10-16-13/h1-3,10-12H,4-5,7-8H2,(H2,15,17). The Morgan fingerprint density at radius 2 is 2.06 bits per heavy atom. The second kappa shape index (κ2) is 5.49. The molecule has 1 aliphatic carbocycles. The van der Waals surface area contributed by atoms with Crippen molar-refractivity contribution in [2.75, 3.05) is 0 Å². The molecule has 3 nitrogen and oxygen atoms in total. The van der Waals surface area contributed by atoms with E-state index in [1.807, 2.05) is 18.2 Å². The summed E-state index contributed by atoms with van der Waals surface area (Å²) in [6.45, 7) is 0. The van der Waals surface area contributed by atoms with Gasteiger partial charge in [-0.05, 0) is 43.7 Å². The van der Waals surface area contributed by atoms with Gasteiger partial charge in [0.15, 0.2) is 0 Å². The highest BCUT2D eigenvalue weighted by molar-refractivity contribution is 5.76. The summed E-state index contributed by atoms with van der Waals surface area (Å²) in [4.78, 5) is 15.2. The lowest BCUT2D eigenvalue weighted by molar-refractivity contribution is -0.122. The monoisotopic (exact) mass is 228 g/mol. The van der Waals surface area contributed by atoms with Gasteiger partial charge in [0, 0.05) is 18.0 Å². The summed E-state index contributed by atoms with van der Waals surface area (Å²) in [5.74, 6) is 6.59. The van der Waals surface area contributed by atoms with Crippen LogP contribution in [0, 0.1) is 23.7 Å². The number of aromatic nitrogens is 1. The van der Waals surface area contributed by atoms with Crippen LogP contribution in [0.2, 0.25) is 0 Å². The van der Waals surface area contributed by atoms with E-state index >= 15 is 0 Å². The van der Waals surface area contributed by atoms with Gasteiger partial charge >= 0.3 is 0 Å². The topological polar surface area (TPSA) is 56.0 Å². The number of rotatable bonds is 1. The molecule has 3 heteroatoms. The Bertz CT molecular complexity index is 436. The van der Waals surface area contributed by atoms with E-state index < -0.39 is 0 Å². The average Bonchev–Trinajstić information content (AvgIpc) is 2.38. The molecular weight excluding hydrogens is 212 g/mol. The van der Waals surface area contributed by atoms with Crippen LogP contribution in [0.5, 0.6) is 0 Å². The van der Waals surface area contributed by atoms with E-state index in [9.17, 15) is 4.79 Å². The maximum absolute atomic E-state index is 11.0. The van der Waals surface area contributed by atoms with Crippen LogP contribution in [0.3, 0.4) is 0 Å². The molecule has 1 saturated carbocycles. The normalized spacial score (nSPS) is 23.5. The number of hydrogen-bond acceptors (Lipinski definition) is 2. The Hall–Kier alpha value is -1.82. The van der Waals surface area contributed by atoms with Gasteiger partial charge in [0.1, 0.15) is 5.69 Å². The highest BCUT2D eigenvalue weighted by atomic mass is 16.1. The van der Waals surface area contributed by atoms with Gasteiger partial charge in [0.25, 0.3) is 0 Å². The van der Waals surface area contributed by atoms with Crippen LogP contribution in [-0.2, 0) is 4.79 Å². The predicted molar refractivity (Wildman–Crippen MR) is 65.8 cm³/mol. The van der Waals surface area contributed by atoms with Crippen LogP contribution < -0.4 is 5.73 Å². The van der Waals surface area contributed by atoms with Crippen molar-refractivity contribution in [3.8, 4) is 11.8 Å². The molecule has 1 fully saturated rings. The minimum atomic E-state index is -0.166. The van der Waals surface area contributed by atoms with E-state index in [-0.39, 0.29) is 11.8 Å². The van der Waals surface area contributed by atoms with Gasteiger partial charge in [-0.1, -0.05) is 12.0 Å². The maximum atomic E-state index is 11.0. The van der Waals surface area contributed by atoms with Crippen molar-refractivity contribution in [2.45, 2.75) is 25.7 Å². The van der Waals surface area contributed by atoms with E-state index in [4.69, 9.17) is 5.73 Å². The third-order valence-corrected chi connectivity index (χ3v) is 3.20. The van der Waals surface area contributed by atoms with E-state index in [0.29, 0.717) is 5.92 Å². The Morgan fingerprint density at radius 1 is 1.29 bits per heavy atom. The van der Waals surface area contributed by atoms with Crippen LogP contribution in [0.25, 0.3) is 0 Å². The van der Waals surface area contributed by atoms with Crippen molar-refractivity contribution >= 4 is 5.91 Å². The minimum absolute atomic E-state index is 0.0582. The van der Waals surface area contributed by atoms with Crippen molar-refractivity contribution in [1.29, 1.82) is 0 Å². The molecule has 0 aromatic carbocycles. The molecule has 0 saturated heterocycles. The number of amides is 1. The van der Waals surface area contributed by atoms with Gasteiger partial charge in [0.2, 0.25) is 5.91 Å². The zero-order chi connectivity index (χ0) is 12.1.